The smallest absolute Gasteiger partial charge is 0.209 e. The second kappa shape index (κ2) is 9.41. The lowest BCUT2D eigenvalue weighted by atomic mass is 10.1. The molecule has 2 aliphatic rings. The van der Waals surface area contributed by atoms with Gasteiger partial charge in [-0.1, -0.05) is 31.0 Å². The van der Waals surface area contributed by atoms with Gasteiger partial charge in [-0.15, -0.1) is 5.10 Å². The Kier molecular flexibility index (Phi) is 6.67. The molecule has 2 fully saturated rings. The van der Waals surface area contributed by atoms with E-state index in [1.807, 2.05) is 10.7 Å². The summed E-state index contributed by atoms with van der Waals surface area (Å²) >= 11 is 6.24. The Morgan fingerprint density at radius 3 is 2.86 bits per heavy atom. The first-order chi connectivity index (χ1) is 14.2. The van der Waals surface area contributed by atoms with Crippen LogP contribution in [0.3, 0.4) is 0 Å². The molecule has 3 heterocycles. The summed E-state index contributed by atoms with van der Waals surface area (Å²) < 4.78 is 7.81. The molecule has 0 unspecified atom stereocenters. The molecule has 0 spiro atoms. The van der Waals surface area contributed by atoms with E-state index in [-0.39, 0.29) is 6.10 Å². The quantitative estimate of drug-likeness (QED) is 0.744. The standard InChI is InChI=1S/C21H31ClN6O/c1-3-5-19(21-23-24-25-28(21)15-18-6-4-13-29-18)26-9-11-27(12-10-26)20-14-17(22)8-7-16(20)2/h7-8,14,18-19H,3-6,9-13,15H2,1-2H3/p+1/t18-,19-/m0/s1. The van der Waals surface area contributed by atoms with E-state index in [4.69, 9.17) is 16.3 Å². The molecular formula is C21H32ClN6O+. The van der Waals surface area contributed by atoms with Crippen molar-refractivity contribution in [3.05, 3.63) is 34.6 Å². The summed E-state index contributed by atoms with van der Waals surface area (Å²) in [5, 5.41) is 13.6. The van der Waals surface area contributed by atoms with E-state index in [0.717, 1.165) is 75.9 Å². The second-order valence-electron chi connectivity index (χ2n) is 8.27. The number of aromatic nitrogens is 4. The maximum atomic E-state index is 6.24. The summed E-state index contributed by atoms with van der Waals surface area (Å²) in [5.41, 5.74) is 2.54. The Hall–Kier alpha value is -1.70. The molecule has 0 radical (unpaired) electrons. The molecule has 4 rings (SSSR count). The number of nitrogens with one attached hydrogen (secondary N) is 1. The first-order valence-electron chi connectivity index (χ1n) is 10.9. The molecule has 0 saturated carbocycles. The number of benzene rings is 1. The van der Waals surface area contributed by atoms with Gasteiger partial charge in [0.1, 0.15) is 6.04 Å². The fraction of sp³-hybridized carbons (Fsp3) is 0.667. The molecule has 29 heavy (non-hydrogen) atoms. The van der Waals surface area contributed by atoms with E-state index in [1.54, 1.807) is 4.90 Å². The van der Waals surface area contributed by atoms with Gasteiger partial charge in [0, 0.05) is 23.7 Å². The number of anilines is 1. The maximum Gasteiger partial charge on any atom is 0.209 e. The van der Waals surface area contributed by atoms with Crippen molar-refractivity contribution >= 4 is 17.3 Å². The minimum Gasteiger partial charge on any atom is -0.376 e. The van der Waals surface area contributed by atoms with Gasteiger partial charge in [0.05, 0.1) is 38.8 Å². The third-order valence-electron chi connectivity index (χ3n) is 6.26. The van der Waals surface area contributed by atoms with Crippen LogP contribution in [0, 0.1) is 6.92 Å². The van der Waals surface area contributed by atoms with Gasteiger partial charge in [0.25, 0.3) is 0 Å². The molecule has 1 aromatic heterocycles. The third kappa shape index (κ3) is 4.73. The van der Waals surface area contributed by atoms with Gasteiger partial charge in [0.2, 0.25) is 5.82 Å². The molecule has 158 valence electrons. The van der Waals surface area contributed by atoms with Crippen molar-refractivity contribution in [3.63, 3.8) is 0 Å². The molecule has 2 atom stereocenters. The van der Waals surface area contributed by atoms with Crippen LogP contribution in [0.4, 0.5) is 5.69 Å². The molecule has 0 amide bonds. The van der Waals surface area contributed by atoms with Gasteiger partial charge in [0.15, 0.2) is 0 Å². The highest BCUT2D eigenvalue weighted by Crippen LogP contribution is 2.25. The fourth-order valence-corrected chi connectivity index (χ4v) is 4.85. The fourth-order valence-electron chi connectivity index (χ4n) is 4.68. The molecule has 0 bridgehead atoms. The summed E-state index contributed by atoms with van der Waals surface area (Å²) in [6, 6.07) is 6.50. The molecule has 1 aromatic carbocycles. The van der Waals surface area contributed by atoms with Crippen molar-refractivity contribution < 1.29 is 9.64 Å². The lowest BCUT2D eigenvalue weighted by molar-refractivity contribution is -0.933. The number of hydrogen-bond acceptors (Lipinski definition) is 5. The number of nitrogens with zero attached hydrogens (tertiary/aromatic N) is 5. The van der Waals surface area contributed by atoms with E-state index in [0.29, 0.717) is 6.04 Å². The van der Waals surface area contributed by atoms with Gasteiger partial charge >= 0.3 is 0 Å². The largest absolute Gasteiger partial charge is 0.376 e. The monoisotopic (exact) mass is 419 g/mol. The van der Waals surface area contributed by atoms with Crippen molar-refractivity contribution in [2.24, 2.45) is 0 Å². The first-order valence-corrected chi connectivity index (χ1v) is 11.3. The van der Waals surface area contributed by atoms with E-state index >= 15 is 0 Å². The third-order valence-corrected chi connectivity index (χ3v) is 6.49. The van der Waals surface area contributed by atoms with Crippen molar-refractivity contribution in [1.82, 2.24) is 20.2 Å². The van der Waals surface area contributed by atoms with Crippen LogP contribution in [-0.2, 0) is 11.3 Å². The van der Waals surface area contributed by atoms with E-state index in [2.05, 4.69) is 46.4 Å². The average Bonchev–Trinajstić information content (AvgIpc) is 3.41. The van der Waals surface area contributed by atoms with Crippen LogP contribution in [-0.4, -0.2) is 59.1 Å². The van der Waals surface area contributed by atoms with Crippen LogP contribution < -0.4 is 9.80 Å². The van der Waals surface area contributed by atoms with E-state index in [9.17, 15) is 0 Å². The number of ether oxygens (including phenoxy) is 1. The summed E-state index contributed by atoms with van der Waals surface area (Å²) in [6.45, 7) is 10.2. The lowest BCUT2D eigenvalue weighted by Gasteiger charge is -2.37. The molecule has 2 saturated heterocycles. The zero-order valence-corrected chi connectivity index (χ0v) is 18.2. The van der Waals surface area contributed by atoms with Crippen LogP contribution in [0.5, 0.6) is 0 Å². The minimum atomic E-state index is 0.247. The number of halogens is 1. The summed E-state index contributed by atoms with van der Waals surface area (Å²) in [7, 11) is 0. The minimum absolute atomic E-state index is 0.247. The van der Waals surface area contributed by atoms with Gasteiger partial charge in [-0.25, -0.2) is 4.68 Å². The van der Waals surface area contributed by atoms with Crippen LogP contribution in [0.1, 0.15) is 50.0 Å². The number of tetrazole rings is 1. The molecule has 1 N–H and O–H groups in total. The highest BCUT2D eigenvalue weighted by atomic mass is 35.5. The number of hydrogen-bond donors (Lipinski definition) is 1. The van der Waals surface area contributed by atoms with Gasteiger partial charge in [-0.3, -0.25) is 0 Å². The van der Waals surface area contributed by atoms with Gasteiger partial charge in [-0.05, 0) is 47.9 Å². The predicted octanol–water partition coefficient (Wildman–Crippen LogP) is 2.06. The summed E-state index contributed by atoms with van der Waals surface area (Å²) in [4.78, 5) is 4.04. The van der Waals surface area contributed by atoms with Crippen molar-refractivity contribution in [1.29, 1.82) is 0 Å². The predicted molar refractivity (Wildman–Crippen MR) is 114 cm³/mol. The van der Waals surface area contributed by atoms with Crippen molar-refractivity contribution in [3.8, 4) is 0 Å². The topological polar surface area (TPSA) is 60.5 Å². The molecule has 0 aliphatic carbocycles. The van der Waals surface area contributed by atoms with Crippen LogP contribution >= 0.6 is 11.6 Å². The Morgan fingerprint density at radius 1 is 1.31 bits per heavy atom. The Bertz CT molecular complexity index is 798. The molecule has 7 nitrogen and oxygen atoms in total. The maximum absolute atomic E-state index is 6.24. The Labute approximate surface area is 178 Å². The Morgan fingerprint density at radius 2 is 2.14 bits per heavy atom. The number of piperazine rings is 1. The highest BCUT2D eigenvalue weighted by Gasteiger charge is 2.33. The number of quaternary nitrogens is 1. The normalized spacial score (nSPS) is 21.6. The van der Waals surface area contributed by atoms with Gasteiger partial charge < -0.3 is 14.5 Å². The van der Waals surface area contributed by atoms with Crippen molar-refractivity contribution in [2.45, 2.75) is 58.2 Å². The first kappa shape index (κ1) is 20.6. The molecule has 2 aromatic rings. The molecule has 8 heteroatoms. The summed E-state index contributed by atoms with van der Waals surface area (Å²) in [5.74, 6) is 1.02. The second-order valence-corrected chi connectivity index (χ2v) is 8.71. The summed E-state index contributed by atoms with van der Waals surface area (Å²) in [6.07, 6.45) is 4.70. The van der Waals surface area contributed by atoms with E-state index < -0.39 is 0 Å². The SMILES string of the molecule is CCC[C@@H](c1nnnn1C[C@@H]1CCCO1)[NH+]1CCN(c2cc(Cl)ccc2C)CC1. The zero-order valence-electron chi connectivity index (χ0n) is 17.5. The number of rotatable bonds is 7. The van der Waals surface area contributed by atoms with E-state index in [1.165, 1.54) is 11.3 Å². The van der Waals surface area contributed by atoms with Gasteiger partial charge in [-0.2, -0.15) is 0 Å². The Balaban J connectivity index is 1.45. The zero-order chi connectivity index (χ0) is 20.2. The molecule has 2 aliphatic heterocycles. The van der Waals surface area contributed by atoms with Crippen LogP contribution in [0.2, 0.25) is 5.02 Å². The lowest BCUT2D eigenvalue weighted by Crippen LogP contribution is -3.15. The van der Waals surface area contributed by atoms with Crippen LogP contribution in [0.15, 0.2) is 18.2 Å². The van der Waals surface area contributed by atoms with Crippen molar-refractivity contribution in [2.75, 3.05) is 37.7 Å². The highest BCUT2D eigenvalue weighted by molar-refractivity contribution is 6.30. The van der Waals surface area contributed by atoms with Crippen LogP contribution in [0.25, 0.3) is 0 Å². The number of aryl methyl sites for hydroxylation is 1. The average molecular weight is 420 g/mol. The molecular weight excluding hydrogens is 388 g/mol.